The molecule has 5 heteroatoms. The van der Waals surface area contributed by atoms with Crippen molar-refractivity contribution < 1.29 is 4.52 Å². The first-order valence-electron chi connectivity index (χ1n) is 8.71. The van der Waals surface area contributed by atoms with Crippen LogP contribution in [0, 0.1) is 13.8 Å². The number of hydrogen-bond acceptors (Lipinski definition) is 4. The van der Waals surface area contributed by atoms with Crippen LogP contribution in [0.5, 0.6) is 0 Å². The van der Waals surface area contributed by atoms with Crippen LogP contribution in [0.25, 0.3) is 0 Å². The van der Waals surface area contributed by atoms with E-state index in [1.54, 1.807) is 0 Å². The fraction of sp³-hybridized carbons (Fsp3) is 0.526. The van der Waals surface area contributed by atoms with Crippen LogP contribution in [0.2, 0.25) is 5.02 Å². The van der Waals surface area contributed by atoms with Crippen LogP contribution in [-0.2, 0) is 6.42 Å². The molecular weight excluding hydrogens is 322 g/mol. The summed E-state index contributed by atoms with van der Waals surface area (Å²) >= 11 is 5.97. The number of hydrogen-bond donors (Lipinski definition) is 1. The Morgan fingerprint density at radius 2 is 1.92 bits per heavy atom. The molecule has 0 spiro atoms. The number of nitrogens with zero attached hydrogens (tertiary/aromatic N) is 2. The molecule has 0 saturated carbocycles. The molecule has 4 nitrogen and oxygen atoms in total. The van der Waals surface area contributed by atoms with Crippen LogP contribution < -0.4 is 10.2 Å². The number of aryl methyl sites for hydroxylation is 2. The Balaban J connectivity index is 1.49. The van der Waals surface area contributed by atoms with Crippen molar-refractivity contribution in [2.24, 2.45) is 0 Å². The highest BCUT2D eigenvalue weighted by molar-refractivity contribution is 6.30. The first-order valence-corrected chi connectivity index (χ1v) is 9.09. The van der Waals surface area contributed by atoms with Gasteiger partial charge in [0.2, 0.25) is 0 Å². The molecule has 3 rings (SSSR count). The molecule has 1 fully saturated rings. The van der Waals surface area contributed by atoms with Gasteiger partial charge >= 0.3 is 0 Å². The molecule has 2 aromatic rings. The molecule has 130 valence electrons. The third-order valence-electron chi connectivity index (χ3n) is 4.90. The van der Waals surface area contributed by atoms with Gasteiger partial charge in [0.25, 0.3) is 0 Å². The van der Waals surface area contributed by atoms with Crippen molar-refractivity contribution in [3.63, 3.8) is 0 Å². The largest absolute Gasteiger partial charge is 0.371 e. The van der Waals surface area contributed by atoms with Crippen LogP contribution in [0.4, 0.5) is 5.69 Å². The van der Waals surface area contributed by atoms with Crippen LogP contribution in [-0.4, -0.2) is 30.3 Å². The van der Waals surface area contributed by atoms with E-state index in [0.717, 1.165) is 48.8 Å². The molecule has 24 heavy (non-hydrogen) atoms. The highest BCUT2D eigenvalue weighted by Crippen LogP contribution is 2.22. The third kappa shape index (κ3) is 4.11. The van der Waals surface area contributed by atoms with Crippen molar-refractivity contribution in [1.82, 2.24) is 10.5 Å². The number of halogens is 1. The van der Waals surface area contributed by atoms with Crippen LogP contribution in [0.3, 0.4) is 0 Å². The van der Waals surface area contributed by atoms with Crippen molar-refractivity contribution in [3.05, 3.63) is 46.3 Å². The topological polar surface area (TPSA) is 41.3 Å². The zero-order chi connectivity index (χ0) is 17.1. The third-order valence-corrected chi connectivity index (χ3v) is 5.15. The van der Waals surface area contributed by atoms with E-state index in [9.17, 15) is 0 Å². The minimum absolute atomic E-state index is 0.425. The van der Waals surface area contributed by atoms with Crippen molar-refractivity contribution >= 4 is 17.3 Å². The van der Waals surface area contributed by atoms with E-state index in [2.05, 4.69) is 34.4 Å². The van der Waals surface area contributed by atoms with Gasteiger partial charge < -0.3 is 14.7 Å². The summed E-state index contributed by atoms with van der Waals surface area (Å²) < 4.78 is 5.26. The lowest BCUT2D eigenvalue weighted by Gasteiger charge is -2.35. The second-order valence-corrected chi connectivity index (χ2v) is 7.25. The molecule has 1 N–H and O–H groups in total. The van der Waals surface area contributed by atoms with Crippen molar-refractivity contribution in [1.29, 1.82) is 0 Å². The second-order valence-electron chi connectivity index (χ2n) is 6.81. The smallest absolute Gasteiger partial charge is 0.137 e. The van der Waals surface area contributed by atoms with E-state index in [0.29, 0.717) is 12.1 Å². The SMILES string of the molecule is Cc1noc(C)c1C[C@H](C)NC1CCN(c2ccc(Cl)cc2)CC1. The minimum Gasteiger partial charge on any atom is -0.371 e. The zero-order valence-electron chi connectivity index (χ0n) is 14.7. The van der Waals surface area contributed by atoms with Gasteiger partial charge in [-0.3, -0.25) is 0 Å². The Morgan fingerprint density at radius 1 is 1.25 bits per heavy atom. The van der Waals surface area contributed by atoms with E-state index >= 15 is 0 Å². The van der Waals surface area contributed by atoms with Gasteiger partial charge in [0.1, 0.15) is 5.76 Å². The Bertz CT molecular complexity index is 640. The van der Waals surface area contributed by atoms with E-state index in [1.165, 1.54) is 11.3 Å². The summed E-state index contributed by atoms with van der Waals surface area (Å²) in [5.41, 5.74) is 3.52. The number of piperidine rings is 1. The van der Waals surface area contributed by atoms with Gasteiger partial charge in [-0.1, -0.05) is 16.8 Å². The molecule has 0 unspecified atom stereocenters. The van der Waals surface area contributed by atoms with Crippen molar-refractivity contribution in [2.75, 3.05) is 18.0 Å². The minimum atomic E-state index is 0.425. The highest BCUT2D eigenvalue weighted by atomic mass is 35.5. The number of aromatic nitrogens is 1. The standard InChI is InChI=1S/C19H26ClN3O/c1-13(12-19-14(2)22-24-15(19)3)21-17-8-10-23(11-9-17)18-6-4-16(20)5-7-18/h4-7,13,17,21H,8-12H2,1-3H3/t13-/m0/s1. The number of rotatable bonds is 5. The normalized spacial score (nSPS) is 17.2. The molecule has 1 atom stereocenters. The maximum atomic E-state index is 5.97. The zero-order valence-corrected chi connectivity index (χ0v) is 15.4. The fourth-order valence-electron chi connectivity index (χ4n) is 3.52. The van der Waals surface area contributed by atoms with Gasteiger partial charge in [0.15, 0.2) is 0 Å². The first kappa shape index (κ1) is 17.3. The number of nitrogens with one attached hydrogen (secondary N) is 1. The molecule has 2 heterocycles. The van der Waals surface area contributed by atoms with Crippen molar-refractivity contribution in [2.45, 2.75) is 52.1 Å². The maximum Gasteiger partial charge on any atom is 0.137 e. The molecule has 1 saturated heterocycles. The van der Waals surface area contributed by atoms with Gasteiger partial charge in [-0.05, 0) is 64.3 Å². The van der Waals surface area contributed by atoms with Gasteiger partial charge in [-0.2, -0.15) is 0 Å². The predicted molar refractivity (Wildman–Crippen MR) is 99.0 cm³/mol. The molecule has 0 amide bonds. The molecule has 0 bridgehead atoms. The lowest BCUT2D eigenvalue weighted by molar-refractivity contribution is 0.372. The summed E-state index contributed by atoms with van der Waals surface area (Å²) in [5, 5.41) is 8.62. The quantitative estimate of drug-likeness (QED) is 0.882. The van der Waals surface area contributed by atoms with Crippen LogP contribution in [0.15, 0.2) is 28.8 Å². The molecule has 1 aromatic carbocycles. The molecule has 1 aromatic heterocycles. The van der Waals surface area contributed by atoms with Crippen LogP contribution in [0.1, 0.15) is 36.8 Å². The summed E-state index contributed by atoms with van der Waals surface area (Å²) in [5.74, 6) is 0.943. The predicted octanol–water partition coefficient (Wildman–Crippen LogP) is 4.13. The van der Waals surface area contributed by atoms with E-state index in [-0.39, 0.29) is 0 Å². The Kier molecular flexibility index (Phi) is 5.47. The molecular formula is C19H26ClN3O. The first-order chi connectivity index (χ1) is 11.5. The summed E-state index contributed by atoms with van der Waals surface area (Å²) in [7, 11) is 0. The maximum absolute atomic E-state index is 5.97. The van der Waals surface area contributed by atoms with Gasteiger partial charge in [-0.25, -0.2) is 0 Å². The molecule has 0 aliphatic carbocycles. The Morgan fingerprint density at radius 3 is 2.50 bits per heavy atom. The molecule has 0 radical (unpaired) electrons. The van der Waals surface area contributed by atoms with Gasteiger partial charge in [-0.15, -0.1) is 0 Å². The Hall–Kier alpha value is -1.52. The average molecular weight is 348 g/mol. The summed E-state index contributed by atoms with van der Waals surface area (Å²) in [6.45, 7) is 8.42. The van der Waals surface area contributed by atoms with Gasteiger partial charge in [0, 0.05) is 41.4 Å². The second kappa shape index (κ2) is 7.58. The molecule has 1 aliphatic rings. The van der Waals surface area contributed by atoms with E-state index < -0.39 is 0 Å². The number of benzene rings is 1. The fourth-order valence-corrected chi connectivity index (χ4v) is 3.64. The molecule has 1 aliphatic heterocycles. The monoisotopic (exact) mass is 347 g/mol. The lowest BCUT2D eigenvalue weighted by Crippen LogP contribution is -2.46. The van der Waals surface area contributed by atoms with Crippen LogP contribution >= 0.6 is 11.6 Å². The Labute approximate surface area is 149 Å². The van der Waals surface area contributed by atoms with Gasteiger partial charge in [0.05, 0.1) is 5.69 Å². The van der Waals surface area contributed by atoms with Crippen molar-refractivity contribution in [3.8, 4) is 0 Å². The summed E-state index contributed by atoms with van der Waals surface area (Å²) in [6, 6.07) is 9.14. The number of anilines is 1. The highest BCUT2D eigenvalue weighted by Gasteiger charge is 2.21. The summed E-state index contributed by atoms with van der Waals surface area (Å²) in [4.78, 5) is 2.44. The van der Waals surface area contributed by atoms with E-state index in [4.69, 9.17) is 16.1 Å². The lowest BCUT2D eigenvalue weighted by atomic mass is 10.0. The van der Waals surface area contributed by atoms with E-state index in [1.807, 2.05) is 26.0 Å². The summed E-state index contributed by atoms with van der Waals surface area (Å²) in [6.07, 6.45) is 3.29. The average Bonchev–Trinajstić information content (AvgIpc) is 2.88.